The summed E-state index contributed by atoms with van der Waals surface area (Å²) in [6.45, 7) is 4.06. The third kappa shape index (κ3) is 6.17. The molecule has 0 amide bonds. The molecule has 0 radical (unpaired) electrons. The van der Waals surface area contributed by atoms with Gasteiger partial charge in [-0.2, -0.15) is 0 Å². The van der Waals surface area contributed by atoms with Gasteiger partial charge in [-0.1, -0.05) is 0 Å². The minimum atomic E-state index is -0.385. The van der Waals surface area contributed by atoms with Gasteiger partial charge in [0, 0.05) is 19.4 Å². The van der Waals surface area contributed by atoms with E-state index in [-0.39, 0.29) is 5.97 Å². The topological polar surface area (TPSA) is 66.9 Å². The van der Waals surface area contributed by atoms with Crippen LogP contribution in [0.2, 0.25) is 0 Å². The molecule has 0 aromatic carbocycles. The molecule has 6 heteroatoms. The highest BCUT2D eigenvalue weighted by Gasteiger charge is 2.06. The molecule has 0 N–H and O–H groups in total. The van der Waals surface area contributed by atoms with Crippen LogP contribution in [-0.4, -0.2) is 51.1 Å². The second-order valence-electron chi connectivity index (χ2n) is 3.56. The first-order valence-electron chi connectivity index (χ1n) is 6.10. The third-order valence-electron chi connectivity index (χ3n) is 2.16. The number of rotatable bonds is 9. The standard InChI is InChI=1S/C13H19NO5/c1-3-18-13(15)11-4-5-12(14-10-11)19-9-8-17-7-6-16-2/h4-5,10H,3,6-9H2,1-2H3. The summed E-state index contributed by atoms with van der Waals surface area (Å²) in [6.07, 6.45) is 1.43. The van der Waals surface area contributed by atoms with Crippen LogP contribution < -0.4 is 4.74 Å². The number of nitrogens with zero attached hydrogens (tertiary/aromatic N) is 1. The van der Waals surface area contributed by atoms with Crippen molar-refractivity contribution in [2.45, 2.75) is 6.92 Å². The van der Waals surface area contributed by atoms with Gasteiger partial charge < -0.3 is 18.9 Å². The van der Waals surface area contributed by atoms with E-state index in [9.17, 15) is 4.79 Å². The highest BCUT2D eigenvalue weighted by Crippen LogP contribution is 2.08. The number of pyridine rings is 1. The van der Waals surface area contributed by atoms with Crippen LogP contribution >= 0.6 is 0 Å². The van der Waals surface area contributed by atoms with Crippen molar-refractivity contribution in [2.75, 3.05) is 40.1 Å². The largest absolute Gasteiger partial charge is 0.475 e. The second kappa shape index (κ2) is 9.29. The van der Waals surface area contributed by atoms with Gasteiger partial charge in [-0.3, -0.25) is 0 Å². The maximum Gasteiger partial charge on any atom is 0.339 e. The molecule has 0 bridgehead atoms. The zero-order chi connectivity index (χ0) is 13.9. The van der Waals surface area contributed by atoms with Gasteiger partial charge in [0.15, 0.2) is 0 Å². The van der Waals surface area contributed by atoms with Crippen LogP contribution in [0.15, 0.2) is 18.3 Å². The molecule has 0 spiro atoms. The normalized spacial score (nSPS) is 10.2. The van der Waals surface area contributed by atoms with E-state index < -0.39 is 0 Å². The van der Waals surface area contributed by atoms with E-state index >= 15 is 0 Å². The van der Waals surface area contributed by atoms with Gasteiger partial charge in [0.1, 0.15) is 6.61 Å². The Morgan fingerprint density at radius 2 is 2.00 bits per heavy atom. The van der Waals surface area contributed by atoms with Crippen LogP contribution in [0.3, 0.4) is 0 Å². The van der Waals surface area contributed by atoms with E-state index in [0.29, 0.717) is 44.5 Å². The summed E-state index contributed by atoms with van der Waals surface area (Å²) < 4.78 is 20.3. The Labute approximate surface area is 112 Å². The Morgan fingerprint density at radius 1 is 1.21 bits per heavy atom. The Balaban J connectivity index is 2.26. The van der Waals surface area contributed by atoms with Crippen LogP contribution in [-0.2, 0) is 14.2 Å². The van der Waals surface area contributed by atoms with Crippen molar-refractivity contribution < 1.29 is 23.7 Å². The van der Waals surface area contributed by atoms with Crippen LogP contribution in [0.1, 0.15) is 17.3 Å². The van der Waals surface area contributed by atoms with E-state index in [1.807, 2.05) is 0 Å². The maximum absolute atomic E-state index is 11.4. The van der Waals surface area contributed by atoms with Crippen molar-refractivity contribution >= 4 is 5.97 Å². The molecule has 0 unspecified atom stereocenters. The monoisotopic (exact) mass is 269 g/mol. The SMILES string of the molecule is CCOC(=O)c1ccc(OCCOCCOC)nc1. The number of aromatic nitrogens is 1. The quantitative estimate of drug-likeness (QED) is 0.497. The summed E-state index contributed by atoms with van der Waals surface area (Å²) in [7, 11) is 1.62. The molecule has 19 heavy (non-hydrogen) atoms. The Bertz CT molecular complexity index is 366. The summed E-state index contributed by atoms with van der Waals surface area (Å²) in [5.41, 5.74) is 0.408. The van der Waals surface area contributed by atoms with Gasteiger partial charge in [0.2, 0.25) is 5.88 Å². The van der Waals surface area contributed by atoms with Gasteiger partial charge in [-0.25, -0.2) is 9.78 Å². The number of methoxy groups -OCH3 is 1. The first kappa shape index (κ1) is 15.4. The Morgan fingerprint density at radius 3 is 2.63 bits per heavy atom. The summed E-state index contributed by atoms with van der Waals surface area (Å²) >= 11 is 0. The van der Waals surface area contributed by atoms with Crippen LogP contribution in [0.25, 0.3) is 0 Å². The first-order chi connectivity index (χ1) is 9.27. The molecule has 0 saturated carbocycles. The molecule has 0 aliphatic heterocycles. The van der Waals surface area contributed by atoms with Gasteiger partial charge >= 0.3 is 5.97 Å². The lowest BCUT2D eigenvalue weighted by Crippen LogP contribution is -2.11. The van der Waals surface area contributed by atoms with E-state index in [0.717, 1.165) is 0 Å². The fraction of sp³-hybridized carbons (Fsp3) is 0.538. The lowest BCUT2D eigenvalue weighted by atomic mass is 10.3. The van der Waals surface area contributed by atoms with Gasteiger partial charge in [0.25, 0.3) is 0 Å². The fourth-order valence-corrected chi connectivity index (χ4v) is 1.25. The predicted octanol–water partition coefficient (Wildman–Crippen LogP) is 1.30. The van der Waals surface area contributed by atoms with Crippen LogP contribution in [0.5, 0.6) is 5.88 Å². The molecule has 0 saturated heterocycles. The lowest BCUT2D eigenvalue weighted by Gasteiger charge is -2.06. The smallest absolute Gasteiger partial charge is 0.339 e. The molecular formula is C13H19NO5. The summed E-state index contributed by atoms with van der Waals surface area (Å²) in [5.74, 6) is 0.0628. The molecule has 0 fully saturated rings. The lowest BCUT2D eigenvalue weighted by molar-refractivity contribution is 0.0522. The van der Waals surface area contributed by atoms with Crippen molar-refractivity contribution in [1.82, 2.24) is 4.98 Å². The van der Waals surface area contributed by atoms with Crippen molar-refractivity contribution in [3.05, 3.63) is 23.9 Å². The number of carbonyl (C=O) groups is 1. The average molecular weight is 269 g/mol. The van der Waals surface area contributed by atoms with Crippen molar-refractivity contribution in [1.29, 1.82) is 0 Å². The number of esters is 1. The summed E-state index contributed by atoms with van der Waals surface area (Å²) in [4.78, 5) is 15.4. The fourth-order valence-electron chi connectivity index (χ4n) is 1.25. The van der Waals surface area contributed by atoms with E-state index in [1.165, 1.54) is 6.20 Å². The first-order valence-corrected chi connectivity index (χ1v) is 6.10. The minimum absolute atomic E-state index is 0.343. The number of ether oxygens (including phenoxy) is 4. The molecule has 1 rings (SSSR count). The maximum atomic E-state index is 11.4. The predicted molar refractivity (Wildman–Crippen MR) is 68.4 cm³/mol. The zero-order valence-electron chi connectivity index (χ0n) is 11.3. The van der Waals surface area contributed by atoms with E-state index in [4.69, 9.17) is 18.9 Å². The van der Waals surface area contributed by atoms with Gasteiger partial charge in [-0.05, 0) is 13.0 Å². The van der Waals surface area contributed by atoms with E-state index in [1.54, 1.807) is 26.2 Å². The molecule has 1 aromatic heterocycles. The van der Waals surface area contributed by atoms with Crippen molar-refractivity contribution in [3.8, 4) is 5.88 Å². The van der Waals surface area contributed by atoms with E-state index in [2.05, 4.69) is 4.98 Å². The molecule has 1 aromatic rings. The van der Waals surface area contributed by atoms with Gasteiger partial charge in [0.05, 0.1) is 32.0 Å². The van der Waals surface area contributed by atoms with Gasteiger partial charge in [-0.15, -0.1) is 0 Å². The molecule has 0 atom stereocenters. The number of hydrogen-bond donors (Lipinski definition) is 0. The average Bonchev–Trinajstić information content (AvgIpc) is 2.43. The molecule has 0 aliphatic rings. The third-order valence-corrected chi connectivity index (χ3v) is 2.16. The second-order valence-corrected chi connectivity index (χ2v) is 3.56. The molecule has 106 valence electrons. The Kier molecular flexibility index (Phi) is 7.53. The molecule has 6 nitrogen and oxygen atoms in total. The van der Waals surface area contributed by atoms with Crippen molar-refractivity contribution in [2.24, 2.45) is 0 Å². The summed E-state index contributed by atoms with van der Waals surface area (Å²) in [6, 6.07) is 3.24. The van der Waals surface area contributed by atoms with Crippen molar-refractivity contribution in [3.63, 3.8) is 0 Å². The molecular weight excluding hydrogens is 250 g/mol. The number of carbonyl (C=O) groups excluding carboxylic acids is 1. The van der Waals surface area contributed by atoms with Crippen LogP contribution in [0.4, 0.5) is 0 Å². The highest BCUT2D eigenvalue weighted by molar-refractivity contribution is 5.89. The minimum Gasteiger partial charge on any atom is -0.475 e. The summed E-state index contributed by atoms with van der Waals surface area (Å²) in [5, 5.41) is 0. The number of hydrogen-bond acceptors (Lipinski definition) is 6. The molecule has 1 heterocycles. The highest BCUT2D eigenvalue weighted by atomic mass is 16.5. The van der Waals surface area contributed by atoms with Crippen LogP contribution in [0, 0.1) is 0 Å². The Hall–Kier alpha value is -1.66. The molecule has 0 aliphatic carbocycles. The zero-order valence-corrected chi connectivity index (χ0v) is 11.3.